The zero-order valence-electron chi connectivity index (χ0n) is 14.3. The molecule has 0 spiro atoms. The van der Waals surface area contributed by atoms with Gasteiger partial charge in [-0.2, -0.15) is 0 Å². The van der Waals surface area contributed by atoms with E-state index < -0.39 is 0 Å². The smallest absolute Gasteiger partial charge is 0.231 e. The summed E-state index contributed by atoms with van der Waals surface area (Å²) in [4.78, 5) is 0. The van der Waals surface area contributed by atoms with Crippen molar-refractivity contribution in [2.45, 2.75) is 18.9 Å². The lowest BCUT2D eigenvalue weighted by Gasteiger charge is -2.28. The topological polar surface area (TPSA) is 49.0 Å². The summed E-state index contributed by atoms with van der Waals surface area (Å²) in [6, 6.07) is 10.4. The van der Waals surface area contributed by atoms with E-state index in [9.17, 15) is 0 Å². The molecule has 0 saturated carbocycles. The summed E-state index contributed by atoms with van der Waals surface area (Å²) in [6.07, 6.45) is 1.82. The quantitative estimate of drug-likeness (QED) is 0.903. The second kappa shape index (κ2) is 7.42. The van der Waals surface area contributed by atoms with Gasteiger partial charge in [0.2, 0.25) is 6.79 Å². The summed E-state index contributed by atoms with van der Waals surface area (Å²) in [6.45, 7) is 1.25. The molecular weight excluding hydrogens is 342 g/mol. The molecule has 6 heteroatoms. The number of hydrogen-bond donors (Lipinski definition) is 1. The van der Waals surface area contributed by atoms with Crippen LogP contribution in [0.25, 0.3) is 0 Å². The second-order valence-corrected chi connectivity index (χ2v) is 6.04. The van der Waals surface area contributed by atoms with Crippen LogP contribution < -0.4 is 24.3 Å². The number of nitrogens with one attached hydrogen (secondary N) is 1. The van der Waals surface area contributed by atoms with Gasteiger partial charge in [0.1, 0.15) is 11.5 Å². The normalized spacial score (nSPS) is 17.4. The molecule has 0 radical (unpaired) electrons. The fourth-order valence-corrected chi connectivity index (χ4v) is 3.48. The van der Waals surface area contributed by atoms with Crippen LogP contribution in [0.3, 0.4) is 0 Å². The van der Waals surface area contributed by atoms with Crippen LogP contribution in [0.1, 0.15) is 22.7 Å². The zero-order chi connectivity index (χ0) is 16.5. The molecule has 0 fully saturated rings. The van der Waals surface area contributed by atoms with Crippen molar-refractivity contribution in [3.8, 4) is 23.0 Å². The van der Waals surface area contributed by atoms with E-state index in [1.165, 1.54) is 11.1 Å². The van der Waals surface area contributed by atoms with Gasteiger partial charge in [-0.1, -0.05) is 0 Å². The Morgan fingerprint density at radius 1 is 1.08 bits per heavy atom. The van der Waals surface area contributed by atoms with Crippen LogP contribution in [0.4, 0.5) is 0 Å². The molecule has 0 saturated heterocycles. The van der Waals surface area contributed by atoms with Gasteiger partial charge >= 0.3 is 0 Å². The predicted molar refractivity (Wildman–Crippen MR) is 97.5 cm³/mol. The summed E-state index contributed by atoms with van der Waals surface area (Å²) >= 11 is 0. The first kappa shape index (κ1) is 17.7. The van der Waals surface area contributed by atoms with Crippen molar-refractivity contribution >= 4 is 12.4 Å². The SMILES string of the molecule is COc1ccc(OC)c(CC2NCCc3cc4c(cc32)OCO4)c1.Cl. The number of ether oxygens (including phenoxy) is 4. The summed E-state index contributed by atoms with van der Waals surface area (Å²) in [5, 5.41) is 3.61. The highest BCUT2D eigenvalue weighted by Crippen LogP contribution is 2.39. The van der Waals surface area contributed by atoms with E-state index in [-0.39, 0.29) is 18.4 Å². The number of rotatable bonds is 4. The van der Waals surface area contributed by atoms with Crippen LogP contribution in [0, 0.1) is 0 Å². The van der Waals surface area contributed by atoms with E-state index in [4.69, 9.17) is 18.9 Å². The van der Waals surface area contributed by atoms with Crippen molar-refractivity contribution in [2.24, 2.45) is 0 Å². The molecule has 2 aromatic rings. The molecule has 1 unspecified atom stereocenters. The van der Waals surface area contributed by atoms with Crippen molar-refractivity contribution in [3.05, 3.63) is 47.0 Å². The van der Waals surface area contributed by atoms with Crippen LogP contribution in [0.15, 0.2) is 30.3 Å². The Kier molecular flexibility index (Phi) is 5.25. The van der Waals surface area contributed by atoms with E-state index in [0.717, 1.165) is 47.9 Å². The van der Waals surface area contributed by atoms with Crippen LogP contribution in [0.5, 0.6) is 23.0 Å². The Hall–Kier alpha value is -2.11. The average Bonchev–Trinajstić information content (AvgIpc) is 3.07. The van der Waals surface area contributed by atoms with Gasteiger partial charge in [-0.25, -0.2) is 0 Å². The number of benzene rings is 2. The van der Waals surface area contributed by atoms with E-state index in [1.807, 2.05) is 18.2 Å². The highest BCUT2D eigenvalue weighted by Gasteiger charge is 2.25. The van der Waals surface area contributed by atoms with Crippen LogP contribution in [0.2, 0.25) is 0 Å². The van der Waals surface area contributed by atoms with Gasteiger partial charge < -0.3 is 24.3 Å². The monoisotopic (exact) mass is 363 g/mol. The third-order valence-electron chi connectivity index (χ3n) is 4.71. The number of hydrogen-bond acceptors (Lipinski definition) is 5. The minimum Gasteiger partial charge on any atom is -0.497 e. The first-order valence-corrected chi connectivity index (χ1v) is 8.15. The number of fused-ring (bicyclic) bond motifs is 2. The molecular formula is C19H22ClNO4. The minimum absolute atomic E-state index is 0. The summed E-state index contributed by atoms with van der Waals surface area (Å²) < 4.78 is 21.9. The molecule has 2 aliphatic heterocycles. The van der Waals surface area contributed by atoms with Gasteiger partial charge in [-0.05, 0) is 66.4 Å². The molecule has 2 heterocycles. The van der Waals surface area contributed by atoms with Gasteiger partial charge in [-0.15, -0.1) is 12.4 Å². The Bertz CT molecular complexity index is 765. The molecule has 0 amide bonds. The highest BCUT2D eigenvalue weighted by molar-refractivity contribution is 5.85. The summed E-state index contributed by atoms with van der Waals surface area (Å²) in [7, 11) is 3.38. The van der Waals surface area contributed by atoms with Crippen molar-refractivity contribution in [1.29, 1.82) is 0 Å². The largest absolute Gasteiger partial charge is 0.497 e. The van der Waals surface area contributed by atoms with E-state index >= 15 is 0 Å². The summed E-state index contributed by atoms with van der Waals surface area (Å²) in [5.74, 6) is 3.41. The van der Waals surface area contributed by atoms with Crippen molar-refractivity contribution in [1.82, 2.24) is 5.32 Å². The van der Waals surface area contributed by atoms with Crippen molar-refractivity contribution < 1.29 is 18.9 Å². The standard InChI is InChI=1S/C19H21NO4.ClH/c1-21-14-3-4-17(22-2)13(7-14)8-16-15-10-19-18(23-11-24-19)9-12(15)5-6-20-16;/h3-4,7,9-10,16,20H,5-6,8,11H2,1-2H3;1H. The van der Waals surface area contributed by atoms with Gasteiger partial charge in [-0.3, -0.25) is 0 Å². The van der Waals surface area contributed by atoms with Gasteiger partial charge in [0.25, 0.3) is 0 Å². The Morgan fingerprint density at radius 2 is 1.88 bits per heavy atom. The third kappa shape index (κ3) is 3.34. The molecule has 2 aromatic carbocycles. The average molecular weight is 364 g/mol. The van der Waals surface area contributed by atoms with E-state index in [0.29, 0.717) is 6.79 Å². The van der Waals surface area contributed by atoms with E-state index in [1.54, 1.807) is 14.2 Å². The minimum atomic E-state index is 0. The lowest BCUT2D eigenvalue weighted by Crippen LogP contribution is -2.31. The molecule has 0 aliphatic carbocycles. The first-order chi connectivity index (χ1) is 11.8. The zero-order valence-corrected chi connectivity index (χ0v) is 15.2. The molecule has 5 nitrogen and oxygen atoms in total. The Balaban J connectivity index is 0.00000182. The third-order valence-corrected chi connectivity index (χ3v) is 4.71. The second-order valence-electron chi connectivity index (χ2n) is 6.04. The van der Waals surface area contributed by atoms with Crippen LogP contribution in [-0.2, 0) is 12.8 Å². The summed E-state index contributed by atoms with van der Waals surface area (Å²) in [5.41, 5.74) is 3.72. The molecule has 134 valence electrons. The molecule has 0 aromatic heterocycles. The lowest BCUT2D eigenvalue weighted by molar-refractivity contribution is 0.174. The van der Waals surface area contributed by atoms with E-state index in [2.05, 4.69) is 17.4 Å². The van der Waals surface area contributed by atoms with Crippen LogP contribution >= 0.6 is 12.4 Å². The molecule has 2 aliphatic rings. The maximum absolute atomic E-state index is 5.55. The molecule has 1 atom stereocenters. The van der Waals surface area contributed by atoms with Crippen molar-refractivity contribution in [3.63, 3.8) is 0 Å². The molecule has 1 N–H and O–H groups in total. The van der Waals surface area contributed by atoms with Crippen molar-refractivity contribution in [2.75, 3.05) is 27.6 Å². The lowest BCUT2D eigenvalue weighted by atomic mass is 9.89. The predicted octanol–water partition coefficient (Wildman–Crippen LogP) is 3.28. The van der Waals surface area contributed by atoms with Gasteiger partial charge in [0, 0.05) is 6.04 Å². The first-order valence-electron chi connectivity index (χ1n) is 8.15. The fourth-order valence-electron chi connectivity index (χ4n) is 3.48. The fraction of sp³-hybridized carbons (Fsp3) is 0.368. The highest BCUT2D eigenvalue weighted by atomic mass is 35.5. The van der Waals surface area contributed by atoms with Gasteiger partial charge in [0.05, 0.1) is 14.2 Å². The Morgan fingerprint density at radius 3 is 2.64 bits per heavy atom. The van der Waals surface area contributed by atoms with Crippen LogP contribution in [-0.4, -0.2) is 27.6 Å². The number of methoxy groups -OCH3 is 2. The maximum atomic E-state index is 5.55. The maximum Gasteiger partial charge on any atom is 0.231 e. The molecule has 25 heavy (non-hydrogen) atoms. The molecule has 0 bridgehead atoms. The van der Waals surface area contributed by atoms with Gasteiger partial charge in [0.15, 0.2) is 11.5 Å². The molecule has 4 rings (SSSR count). The Labute approximate surface area is 153 Å². The number of halogens is 1.